The quantitative estimate of drug-likeness (QED) is 0.732. The number of nitrogens with one attached hydrogen (secondary N) is 1. The van der Waals surface area contributed by atoms with E-state index < -0.39 is 0 Å². The van der Waals surface area contributed by atoms with Crippen molar-refractivity contribution in [1.29, 1.82) is 0 Å². The first-order chi connectivity index (χ1) is 8.72. The lowest BCUT2D eigenvalue weighted by atomic mass is 10.2. The molecule has 0 unspecified atom stereocenters. The molecule has 0 amide bonds. The molecule has 0 saturated carbocycles. The molecule has 7 heteroatoms. The van der Waals surface area contributed by atoms with Crippen LogP contribution < -0.4 is 0 Å². The minimum atomic E-state index is 0.364. The highest BCUT2D eigenvalue weighted by Crippen LogP contribution is 2.19. The van der Waals surface area contributed by atoms with Gasteiger partial charge in [-0.05, 0) is 31.5 Å². The van der Waals surface area contributed by atoms with E-state index in [1.165, 1.54) is 6.33 Å². The molecule has 3 heterocycles. The molecular formula is C11H10N6O. The van der Waals surface area contributed by atoms with E-state index in [4.69, 9.17) is 4.52 Å². The average molecular weight is 242 g/mol. The van der Waals surface area contributed by atoms with Crippen LogP contribution in [0.1, 0.15) is 11.3 Å². The van der Waals surface area contributed by atoms with Crippen molar-refractivity contribution in [3.8, 4) is 23.2 Å². The van der Waals surface area contributed by atoms with Gasteiger partial charge in [0.25, 0.3) is 5.89 Å². The second kappa shape index (κ2) is 4.02. The molecule has 0 fully saturated rings. The molecule has 7 nitrogen and oxygen atoms in total. The molecule has 3 rings (SSSR count). The second-order valence-electron chi connectivity index (χ2n) is 3.93. The summed E-state index contributed by atoms with van der Waals surface area (Å²) in [5.41, 5.74) is 2.66. The summed E-state index contributed by atoms with van der Waals surface area (Å²) in [5.74, 6) is 1.20. The highest BCUT2D eigenvalue weighted by Gasteiger charge is 2.13. The maximum atomic E-state index is 5.17. The van der Waals surface area contributed by atoms with Crippen molar-refractivity contribution in [2.75, 3.05) is 0 Å². The number of aryl methyl sites for hydroxylation is 2. The van der Waals surface area contributed by atoms with Gasteiger partial charge in [-0.3, -0.25) is 5.10 Å². The maximum absolute atomic E-state index is 5.17. The number of hydrogen-bond donors (Lipinski definition) is 1. The third-order valence-corrected chi connectivity index (χ3v) is 2.37. The van der Waals surface area contributed by atoms with Gasteiger partial charge in [-0.25, -0.2) is 9.97 Å². The van der Waals surface area contributed by atoms with Gasteiger partial charge in [0.05, 0.1) is 0 Å². The highest BCUT2D eigenvalue weighted by atomic mass is 16.5. The zero-order chi connectivity index (χ0) is 12.5. The Morgan fingerprint density at radius 1 is 1.17 bits per heavy atom. The Morgan fingerprint density at radius 2 is 2.06 bits per heavy atom. The van der Waals surface area contributed by atoms with Crippen molar-refractivity contribution >= 4 is 0 Å². The first kappa shape index (κ1) is 10.6. The smallest absolute Gasteiger partial charge is 0.276 e. The molecular weight excluding hydrogens is 232 g/mol. The summed E-state index contributed by atoms with van der Waals surface area (Å²) in [6, 6.07) is 3.88. The zero-order valence-electron chi connectivity index (χ0n) is 9.88. The van der Waals surface area contributed by atoms with Crippen molar-refractivity contribution in [3.05, 3.63) is 29.7 Å². The van der Waals surface area contributed by atoms with Crippen LogP contribution in [0.2, 0.25) is 0 Å². The molecule has 0 spiro atoms. The lowest BCUT2D eigenvalue weighted by Crippen LogP contribution is -1.89. The van der Waals surface area contributed by atoms with E-state index in [1.807, 2.05) is 26.0 Å². The fourth-order valence-corrected chi connectivity index (χ4v) is 1.69. The van der Waals surface area contributed by atoms with Gasteiger partial charge in [-0.1, -0.05) is 5.16 Å². The molecule has 0 aromatic carbocycles. The molecule has 0 aliphatic heterocycles. The molecule has 18 heavy (non-hydrogen) atoms. The van der Waals surface area contributed by atoms with Crippen molar-refractivity contribution in [2.45, 2.75) is 13.8 Å². The van der Waals surface area contributed by atoms with Crippen LogP contribution in [0.3, 0.4) is 0 Å². The molecule has 0 aliphatic carbocycles. The van der Waals surface area contributed by atoms with E-state index in [2.05, 4.69) is 30.3 Å². The standard InChI is InChI=1S/C11H10N6O/c1-6-3-7(2)14-8(4-6)11-15-10(17-18-11)9-12-5-13-16-9/h3-5H,1-2H3,(H,12,13,16). The maximum Gasteiger partial charge on any atom is 0.276 e. The first-order valence-electron chi connectivity index (χ1n) is 5.37. The zero-order valence-corrected chi connectivity index (χ0v) is 9.88. The summed E-state index contributed by atoms with van der Waals surface area (Å²) in [4.78, 5) is 12.5. The number of H-pyrrole nitrogens is 1. The predicted molar refractivity (Wildman–Crippen MR) is 62.4 cm³/mol. The van der Waals surface area contributed by atoms with Gasteiger partial charge in [0.2, 0.25) is 5.82 Å². The molecule has 0 aliphatic rings. The Morgan fingerprint density at radius 3 is 2.78 bits per heavy atom. The summed E-state index contributed by atoms with van der Waals surface area (Å²) in [6.07, 6.45) is 1.39. The summed E-state index contributed by atoms with van der Waals surface area (Å²) < 4.78 is 5.17. The van der Waals surface area contributed by atoms with E-state index in [0.717, 1.165) is 11.3 Å². The normalized spacial score (nSPS) is 10.8. The van der Waals surface area contributed by atoms with Gasteiger partial charge in [-0.15, -0.1) is 0 Å². The van der Waals surface area contributed by atoms with Gasteiger partial charge in [0, 0.05) is 5.69 Å². The number of nitrogens with zero attached hydrogens (tertiary/aromatic N) is 5. The molecule has 3 aromatic heterocycles. The van der Waals surface area contributed by atoms with E-state index in [-0.39, 0.29) is 0 Å². The molecule has 0 atom stereocenters. The highest BCUT2D eigenvalue weighted by molar-refractivity contribution is 5.52. The number of rotatable bonds is 2. The lowest BCUT2D eigenvalue weighted by Gasteiger charge is -1.98. The Labute approximate surface area is 102 Å². The molecule has 3 aromatic rings. The number of pyridine rings is 1. The van der Waals surface area contributed by atoms with Gasteiger partial charge < -0.3 is 4.52 Å². The van der Waals surface area contributed by atoms with Gasteiger partial charge in [-0.2, -0.15) is 10.1 Å². The van der Waals surface area contributed by atoms with Crippen LogP contribution in [0.15, 0.2) is 23.0 Å². The topological polar surface area (TPSA) is 93.4 Å². The Bertz CT molecular complexity index is 652. The summed E-state index contributed by atoms with van der Waals surface area (Å²) in [7, 11) is 0. The van der Waals surface area contributed by atoms with Crippen molar-refractivity contribution in [1.82, 2.24) is 30.3 Å². The average Bonchev–Trinajstić information content (AvgIpc) is 2.99. The Hall–Kier alpha value is -2.57. The fraction of sp³-hybridized carbons (Fsp3) is 0.182. The van der Waals surface area contributed by atoms with Crippen LogP contribution in [0.4, 0.5) is 0 Å². The van der Waals surface area contributed by atoms with Gasteiger partial charge in [0.15, 0.2) is 5.82 Å². The Balaban J connectivity index is 2.03. The molecule has 0 saturated heterocycles. The van der Waals surface area contributed by atoms with Crippen molar-refractivity contribution in [3.63, 3.8) is 0 Å². The first-order valence-corrected chi connectivity index (χ1v) is 5.37. The van der Waals surface area contributed by atoms with Gasteiger partial charge >= 0.3 is 0 Å². The minimum absolute atomic E-state index is 0.364. The van der Waals surface area contributed by atoms with Crippen LogP contribution in [0.25, 0.3) is 23.2 Å². The molecule has 0 radical (unpaired) electrons. The largest absolute Gasteiger partial charge is 0.332 e. The van der Waals surface area contributed by atoms with Gasteiger partial charge in [0.1, 0.15) is 12.0 Å². The summed E-state index contributed by atoms with van der Waals surface area (Å²) >= 11 is 0. The monoisotopic (exact) mass is 242 g/mol. The van der Waals surface area contributed by atoms with E-state index >= 15 is 0 Å². The number of hydrogen-bond acceptors (Lipinski definition) is 6. The third kappa shape index (κ3) is 1.86. The third-order valence-electron chi connectivity index (χ3n) is 2.37. The number of aromatic amines is 1. The van der Waals surface area contributed by atoms with Crippen LogP contribution in [-0.4, -0.2) is 30.3 Å². The van der Waals surface area contributed by atoms with Crippen LogP contribution in [0.5, 0.6) is 0 Å². The van der Waals surface area contributed by atoms with E-state index in [9.17, 15) is 0 Å². The minimum Gasteiger partial charge on any atom is -0.332 e. The van der Waals surface area contributed by atoms with Crippen molar-refractivity contribution in [2.24, 2.45) is 0 Å². The van der Waals surface area contributed by atoms with E-state index in [1.54, 1.807) is 0 Å². The lowest BCUT2D eigenvalue weighted by molar-refractivity contribution is 0.430. The molecule has 90 valence electrons. The Kier molecular flexibility index (Phi) is 2.36. The predicted octanol–water partition coefficient (Wildman–Crippen LogP) is 1.53. The number of aromatic nitrogens is 6. The fourth-order valence-electron chi connectivity index (χ4n) is 1.69. The van der Waals surface area contributed by atoms with Crippen LogP contribution in [0, 0.1) is 13.8 Å². The molecule has 1 N–H and O–H groups in total. The summed E-state index contributed by atoms with van der Waals surface area (Å²) in [6.45, 7) is 3.91. The van der Waals surface area contributed by atoms with Crippen molar-refractivity contribution < 1.29 is 4.52 Å². The van der Waals surface area contributed by atoms with Crippen LogP contribution >= 0.6 is 0 Å². The second-order valence-corrected chi connectivity index (χ2v) is 3.93. The SMILES string of the molecule is Cc1cc(C)nc(-c2nc(-c3ncn[nH]3)no2)c1. The van der Waals surface area contributed by atoms with E-state index in [0.29, 0.717) is 23.2 Å². The molecule has 0 bridgehead atoms. The van der Waals surface area contributed by atoms with Crippen LogP contribution in [-0.2, 0) is 0 Å². The summed E-state index contributed by atoms with van der Waals surface area (Å²) in [5, 5.41) is 10.2.